The molecule has 1 aromatic heterocycles. The van der Waals surface area contributed by atoms with E-state index in [2.05, 4.69) is 9.97 Å². The molecule has 0 aliphatic rings. The molecule has 3 N–H and O–H groups in total. The molecule has 0 spiro atoms. The van der Waals surface area contributed by atoms with Crippen molar-refractivity contribution in [1.29, 1.82) is 0 Å². The van der Waals surface area contributed by atoms with Crippen LogP contribution in [0.25, 0.3) is 11.4 Å². The molecule has 0 unspecified atom stereocenters. The monoisotopic (exact) mass is 215 g/mol. The number of nitrogen functional groups attached to an aromatic ring is 1. The number of anilines is 1. The topological polar surface area (TPSA) is 89.1 Å². The molecule has 0 bridgehead atoms. The van der Waals surface area contributed by atoms with E-state index in [9.17, 15) is 4.79 Å². The van der Waals surface area contributed by atoms with E-state index in [0.29, 0.717) is 17.1 Å². The van der Waals surface area contributed by atoms with Gasteiger partial charge in [-0.15, -0.1) is 0 Å². The average molecular weight is 215 g/mol. The highest BCUT2D eigenvalue weighted by molar-refractivity contribution is 5.90. The number of rotatable bonds is 2. The van der Waals surface area contributed by atoms with Gasteiger partial charge in [0.2, 0.25) is 0 Å². The van der Waals surface area contributed by atoms with E-state index in [1.54, 1.807) is 18.5 Å². The summed E-state index contributed by atoms with van der Waals surface area (Å²) in [6, 6.07) is 6.13. The number of carbonyl (C=O) groups is 1. The third kappa shape index (κ3) is 1.83. The summed E-state index contributed by atoms with van der Waals surface area (Å²) in [5.41, 5.74) is 6.90. The Balaban J connectivity index is 2.56. The molecule has 5 nitrogen and oxygen atoms in total. The summed E-state index contributed by atoms with van der Waals surface area (Å²) >= 11 is 0. The minimum absolute atomic E-state index is 0.164. The summed E-state index contributed by atoms with van der Waals surface area (Å²) in [5.74, 6) is -0.583. The molecule has 5 heteroatoms. The Labute approximate surface area is 91.6 Å². The van der Waals surface area contributed by atoms with Gasteiger partial charge in [0, 0.05) is 23.6 Å². The highest BCUT2D eigenvalue weighted by Gasteiger charge is 2.09. The Morgan fingerprint density at radius 1 is 1.25 bits per heavy atom. The second-order valence-corrected chi connectivity index (χ2v) is 3.18. The van der Waals surface area contributed by atoms with E-state index >= 15 is 0 Å². The first-order valence-electron chi connectivity index (χ1n) is 4.58. The molecule has 0 saturated heterocycles. The summed E-state index contributed by atoms with van der Waals surface area (Å²) < 4.78 is 0. The van der Waals surface area contributed by atoms with Gasteiger partial charge in [0.25, 0.3) is 0 Å². The van der Waals surface area contributed by atoms with Crippen molar-refractivity contribution >= 4 is 11.7 Å². The van der Waals surface area contributed by atoms with Gasteiger partial charge in [-0.1, -0.05) is 0 Å². The molecular formula is C11H9N3O2. The zero-order chi connectivity index (χ0) is 11.5. The van der Waals surface area contributed by atoms with Crippen LogP contribution in [0, 0.1) is 0 Å². The second-order valence-electron chi connectivity index (χ2n) is 3.18. The zero-order valence-corrected chi connectivity index (χ0v) is 8.29. The van der Waals surface area contributed by atoms with Crippen molar-refractivity contribution in [3.05, 3.63) is 42.2 Å². The second kappa shape index (κ2) is 3.98. The fourth-order valence-electron chi connectivity index (χ4n) is 1.32. The standard InChI is InChI=1S/C11H9N3O2/c12-9-3-2-7(11(15)16)6-8(9)10-13-4-1-5-14-10/h1-6H,12H2,(H,15,16). The van der Waals surface area contributed by atoms with Gasteiger partial charge >= 0.3 is 5.97 Å². The molecule has 0 saturated carbocycles. The van der Waals surface area contributed by atoms with Crippen LogP contribution in [0.15, 0.2) is 36.7 Å². The van der Waals surface area contributed by atoms with E-state index in [4.69, 9.17) is 10.8 Å². The third-order valence-corrected chi connectivity index (χ3v) is 2.11. The number of carboxylic acid groups (broad SMARTS) is 1. The Morgan fingerprint density at radius 2 is 1.94 bits per heavy atom. The van der Waals surface area contributed by atoms with Crippen LogP contribution in [-0.4, -0.2) is 21.0 Å². The summed E-state index contributed by atoms with van der Waals surface area (Å²) in [4.78, 5) is 18.9. The van der Waals surface area contributed by atoms with Gasteiger partial charge in [-0.2, -0.15) is 0 Å². The number of hydrogen-bond acceptors (Lipinski definition) is 4. The van der Waals surface area contributed by atoms with Crippen molar-refractivity contribution in [3.63, 3.8) is 0 Å². The quantitative estimate of drug-likeness (QED) is 0.739. The van der Waals surface area contributed by atoms with Gasteiger partial charge < -0.3 is 10.8 Å². The molecule has 1 heterocycles. The van der Waals surface area contributed by atoms with E-state index in [0.717, 1.165) is 0 Å². The van der Waals surface area contributed by atoms with E-state index < -0.39 is 5.97 Å². The molecule has 0 amide bonds. The number of hydrogen-bond donors (Lipinski definition) is 2. The Kier molecular flexibility index (Phi) is 2.51. The SMILES string of the molecule is Nc1ccc(C(=O)O)cc1-c1ncccn1. The fraction of sp³-hybridized carbons (Fsp3) is 0. The first-order valence-corrected chi connectivity index (χ1v) is 4.58. The first kappa shape index (κ1) is 10.1. The van der Waals surface area contributed by atoms with Crippen LogP contribution in [0.4, 0.5) is 5.69 Å². The molecule has 1 aromatic carbocycles. The summed E-state index contributed by atoms with van der Waals surface area (Å²) in [5, 5.41) is 8.87. The van der Waals surface area contributed by atoms with Crippen LogP contribution in [0.5, 0.6) is 0 Å². The molecule has 0 radical (unpaired) electrons. The molecular weight excluding hydrogens is 206 g/mol. The van der Waals surface area contributed by atoms with Crippen molar-refractivity contribution < 1.29 is 9.90 Å². The van der Waals surface area contributed by atoms with Crippen molar-refractivity contribution in [1.82, 2.24) is 9.97 Å². The van der Waals surface area contributed by atoms with Crippen LogP contribution in [0.3, 0.4) is 0 Å². The van der Waals surface area contributed by atoms with Crippen LogP contribution < -0.4 is 5.73 Å². The number of aromatic carboxylic acids is 1. The van der Waals surface area contributed by atoms with Gasteiger partial charge in [0.15, 0.2) is 5.82 Å². The number of nitrogens with two attached hydrogens (primary N) is 1. The molecule has 2 aromatic rings. The van der Waals surface area contributed by atoms with Gasteiger partial charge in [0.1, 0.15) is 0 Å². The smallest absolute Gasteiger partial charge is 0.335 e. The van der Waals surface area contributed by atoms with E-state index in [-0.39, 0.29) is 5.56 Å². The fourth-order valence-corrected chi connectivity index (χ4v) is 1.32. The number of aromatic nitrogens is 2. The predicted molar refractivity (Wildman–Crippen MR) is 58.8 cm³/mol. The van der Waals surface area contributed by atoms with Crippen molar-refractivity contribution in [2.24, 2.45) is 0 Å². The third-order valence-electron chi connectivity index (χ3n) is 2.11. The number of nitrogens with zero attached hydrogens (tertiary/aromatic N) is 2. The van der Waals surface area contributed by atoms with Crippen LogP contribution in [-0.2, 0) is 0 Å². The molecule has 16 heavy (non-hydrogen) atoms. The zero-order valence-electron chi connectivity index (χ0n) is 8.29. The molecule has 0 aliphatic heterocycles. The molecule has 0 fully saturated rings. The summed E-state index contributed by atoms with van der Waals surface area (Å²) in [7, 11) is 0. The summed E-state index contributed by atoms with van der Waals surface area (Å²) in [6.07, 6.45) is 3.16. The molecule has 0 atom stereocenters. The molecule has 80 valence electrons. The minimum atomic E-state index is -1.00. The van der Waals surface area contributed by atoms with Gasteiger partial charge in [-0.25, -0.2) is 14.8 Å². The van der Waals surface area contributed by atoms with Crippen LogP contribution >= 0.6 is 0 Å². The van der Waals surface area contributed by atoms with Crippen molar-refractivity contribution in [2.75, 3.05) is 5.73 Å². The maximum atomic E-state index is 10.8. The van der Waals surface area contributed by atoms with Crippen LogP contribution in [0.2, 0.25) is 0 Å². The van der Waals surface area contributed by atoms with Crippen molar-refractivity contribution in [2.45, 2.75) is 0 Å². The lowest BCUT2D eigenvalue weighted by molar-refractivity contribution is 0.0697. The maximum absolute atomic E-state index is 10.8. The van der Waals surface area contributed by atoms with E-state index in [1.807, 2.05) is 0 Å². The lowest BCUT2D eigenvalue weighted by atomic mass is 10.1. The normalized spacial score (nSPS) is 10.0. The lowest BCUT2D eigenvalue weighted by Crippen LogP contribution is -2.00. The molecule has 2 rings (SSSR count). The minimum Gasteiger partial charge on any atom is -0.478 e. The maximum Gasteiger partial charge on any atom is 0.335 e. The first-order chi connectivity index (χ1) is 7.68. The highest BCUT2D eigenvalue weighted by atomic mass is 16.4. The van der Waals surface area contributed by atoms with E-state index in [1.165, 1.54) is 18.2 Å². The highest BCUT2D eigenvalue weighted by Crippen LogP contribution is 2.23. The van der Waals surface area contributed by atoms with Gasteiger partial charge in [-0.05, 0) is 24.3 Å². The Morgan fingerprint density at radius 3 is 2.56 bits per heavy atom. The average Bonchev–Trinajstić information content (AvgIpc) is 2.30. The molecule has 0 aliphatic carbocycles. The van der Waals surface area contributed by atoms with Gasteiger partial charge in [0.05, 0.1) is 5.56 Å². The predicted octanol–water partition coefficient (Wildman–Crippen LogP) is 1.42. The van der Waals surface area contributed by atoms with Crippen LogP contribution in [0.1, 0.15) is 10.4 Å². The van der Waals surface area contributed by atoms with Crippen molar-refractivity contribution in [3.8, 4) is 11.4 Å². The number of benzene rings is 1. The number of carboxylic acids is 1. The van der Waals surface area contributed by atoms with Gasteiger partial charge in [-0.3, -0.25) is 0 Å². The largest absolute Gasteiger partial charge is 0.478 e. The lowest BCUT2D eigenvalue weighted by Gasteiger charge is -2.04. The Hall–Kier alpha value is -2.43. The summed E-state index contributed by atoms with van der Waals surface area (Å²) in [6.45, 7) is 0. The Bertz CT molecular complexity index is 526.